The minimum atomic E-state index is -3.71. The maximum absolute atomic E-state index is 12.8. The number of anilines is 2. The fraction of sp³-hybridized carbons (Fsp3) is 0.316. The molecule has 1 N–H and O–H groups in total. The molecule has 0 unspecified atom stereocenters. The molecular formula is C19H24N2O5S. The zero-order valence-electron chi connectivity index (χ0n) is 15.8. The summed E-state index contributed by atoms with van der Waals surface area (Å²) in [6.45, 7) is 3.82. The summed E-state index contributed by atoms with van der Waals surface area (Å²) in [6.07, 6.45) is 1.06. The van der Waals surface area contributed by atoms with Crippen LogP contribution in [0.5, 0.6) is 11.5 Å². The minimum Gasteiger partial charge on any atom is -0.497 e. The first kappa shape index (κ1) is 20.6. The van der Waals surface area contributed by atoms with Gasteiger partial charge in [-0.05, 0) is 38.1 Å². The van der Waals surface area contributed by atoms with Crippen LogP contribution in [0.1, 0.15) is 13.8 Å². The molecule has 2 rings (SSSR count). The zero-order valence-corrected chi connectivity index (χ0v) is 16.6. The molecule has 0 radical (unpaired) electrons. The van der Waals surface area contributed by atoms with Gasteiger partial charge in [-0.25, -0.2) is 8.42 Å². The summed E-state index contributed by atoms with van der Waals surface area (Å²) in [5.41, 5.74) is 0.827. The smallest absolute Gasteiger partial charge is 0.248 e. The van der Waals surface area contributed by atoms with Gasteiger partial charge in [-0.15, -0.1) is 0 Å². The molecule has 0 saturated carbocycles. The molecule has 146 valence electrons. The Bertz CT molecular complexity index is 898. The molecule has 27 heavy (non-hydrogen) atoms. The van der Waals surface area contributed by atoms with E-state index in [2.05, 4.69) is 5.32 Å². The molecule has 0 aromatic heterocycles. The Balaban J connectivity index is 2.33. The largest absolute Gasteiger partial charge is 0.497 e. The number of nitrogens with zero attached hydrogens (tertiary/aromatic N) is 1. The molecule has 0 aliphatic carbocycles. The molecule has 0 bridgehead atoms. The van der Waals surface area contributed by atoms with Crippen LogP contribution >= 0.6 is 0 Å². The first-order valence-corrected chi connectivity index (χ1v) is 10.3. The van der Waals surface area contributed by atoms with E-state index in [-0.39, 0.29) is 0 Å². The molecule has 2 aromatic carbocycles. The average Bonchev–Trinajstić information content (AvgIpc) is 2.62. The summed E-state index contributed by atoms with van der Waals surface area (Å²) < 4.78 is 36.5. The van der Waals surface area contributed by atoms with Gasteiger partial charge in [0.2, 0.25) is 15.9 Å². The number of carbonyl (C=O) groups is 1. The van der Waals surface area contributed by atoms with Crippen molar-refractivity contribution in [3.05, 3.63) is 48.5 Å². The number of rotatable bonds is 8. The number of para-hydroxylation sites is 2. The van der Waals surface area contributed by atoms with Crippen LogP contribution < -0.4 is 19.1 Å². The van der Waals surface area contributed by atoms with Crippen molar-refractivity contribution >= 4 is 27.3 Å². The number of methoxy groups -OCH3 is 1. The number of sulfonamides is 1. The van der Waals surface area contributed by atoms with Gasteiger partial charge in [0.1, 0.15) is 17.5 Å². The number of ether oxygens (including phenoxy) is 2. The molecule has 0 spiro atoms. The van der Waals surface area contributed by atoms with Gasteiger partial charge in [-0.2, -0.15) is 0 Å². The van der Waals surface area contributed by atoms with E-state index in [0.717, 1.165) is 10.6 Å². The highest BCUT2D eigenvalue weighted by molar-refractivity contribution is 7.92. The Morgan fingerprint density at radius 1 is 1.19 bits per heavy atom. The van der Waals surface area contributed by atoms with Crippen LogP contribution in [0.2, 0.25) is 0 Å². The summed E-state index contributed by atoms with van der Waals surface area (Å²) in [6, 6.07) is 12.6. The van der Waals surface area contributed by atoms with Gasteiger partial charge in [0, 0.05) is 6.07 Å². The van der Waals surface area contributed by atoms with E-state index in [9.17, 15) is 13.2 Å². The minimum absolute atomic E-state index is 0.345. The van der Waals surface area contributed by atoms with Crippen LogP contribution in [0.3, 0.4) is 0 Å². The van der Waals surface area contributed by atoms with Crippen LogP contribution in [0.15, 0.2) is 48.5 Å². The molecule has 1 atom stereocenters. The zero-order chi connectivity index (χ0) is 20.0. The van der Waals surface area contributed by atoms with Crippen molar-refractivity contribution in [1.82, 2.24) is 0 Å². The van der Waals surface area contributed by atoms with E-state index in [4.69, 9.17) is 9.47 Å². The quantitative estimate of drug-likeness (QED) is 0.747. The van der Waals surface area contributed by atoms with Crippen molar-refractivity contribution in [3.8, 4) is 11.5 Å². The predicted octanol–water partition coefficient (Wildman–Crippen LogP) is 2.89. The molecular weight excluding hydrogens is 368 g/mol. The van der Waals surface area contributed by atoms with Crippen LogP contribution in [0.4, 0.5) is 11.4 Å². The first-order chi connectivity index (χ1) is 12.8. The van der Waals surface area contributed by atoms with Crippen molar-refractivity contribution in [2.24, 2.45) is 0 Å². The maximum Gasteiger partial charge on any atom is 0.248 e. The van der Waals surface area contributed by atoms with E-state index in [1.807, 2.05) is 6.92 Å². The Labute approximate surface area is 160 Å². The molecule has 0 fully saturated rings. The van der Waals surface area contributed by atoms with Gasteiger partial charge in [0.05, 0.1) is 31.3 Å². The summed E-state index contributed by atoms with van der Waals surface area (Å²) in [5.74, 6) is 0.540. The fourth-order valence-corrected chi connectivity index (χ4v) is 3.81. The average molecular weight is 392 g/mol. The standard InChI is InChI=1S/C19H24N2O5S/c1-5-26-18-12-7-6-11-17(18)20-19(22)14(2)21(27(4,23)24)15-9-8-10-16(13-15)25-3/h6-14H,5H2,1-4H3,(H,20,22)/t14-/m0/s1. The van der Waals surface area contributed by atoms with Crippen LogP contribution in [-0.4, -0.2) is 40.3 Å². The lowest BCUT2D eigenvalue weighted by Crippen LogP contribution is -2.45. The van der Waals surface area contributed by atoms with E-state index in [1.165, 1.54) is 14.0 Å². The topological polar surface area (TPSA) is 84.9 Å². The molecule has 1 amide bonds. The third-order valence-corrected chi connectivity index (χ3v) is 5.08. The first-order valence-electron chi connectivity index (χ1n) is 8.44. The van der Waals surface area contributed by atoms with Crippen molar-refractivity contribution in [3.63, 3.8) is 0 Å². The van der Waals surface area contributed by atoms with Crippen molar-refractivity contribution in [1.29, 1.82) is 0 Å². The summed E-state index contributed by atoms with van der Waals surface area (Å²) in [4.78, 5) is 12.8. The van der Waals surface area contributed by atoms with Crippen LogP contribution in [-0.2, 0) is 14.8 Å². The van der Waals surface area contributed by atoms with E-state index >= 15 is 0 Å². The summed E-state index contributed by atoms with van der Waals surface area (Å²) in [7, 11) is -2.22. The molecule has 0 aliphatic rings. The number of benzene rings is 2. The van der Waals surface area contributed by atoms with Crippen molar-refractivity contribution in [2.45, 2.75) is 19.9 Å². The molecule has 0 saturated heterocycles. The monoisotopic (exact) mass is 392 g/mol. The van der Waals surface area contributed by atoms with Crippen LogP contribution in [0.25, 0.3) is 0 Å². The molecule has 8 heteroatoms. The van der Waals surface area contributed by atoms with E-state index < -0.39 is 22.0 Å². The molecule has 7 nitrogen and oxygen atoms in total. The lowest BCUT2D eigenvalue weighted by molar-refractivity contribution is -0.116. The third-order valence-electron chi connectivity index (χ3n) is 3.84. The Hall–Kier alpha value is -2.74. The van der Waals surface area contributed by atoms with Crippen LogP contribution in [0, 0.1) is 0 Å². The van der Waals surface area contributed by atoms with E-state index in [0.29, 0.717) is 29.5 Å². The van der Waals surface area contributed by atoms with Gasteiger partial charge in [0.15, 0.2) is 0 Å². The van der Waals surface area contributed by atoms with Crippen molar-refractivity contribution in [2.75, 3.05) is 29.6 Å². The lowest BCUT2D eigenvalue weighted by Gasteiger charge is -2.28. The second-order valence-corrected chi connectivity index (χ2v) is 7.71. The number of carbonyl (C=O) groups excluding carboxylic acids is 1. The lowest BCUT2D eigenvalue weighted by atomic mass is 10.2. The Morgan fingerprint density at radius 2 is 1.89 bits per heavy atom. The fourth-order valence-electron chi connectivity index (χ4n) is 2.64. The number of hydrogen-bond acceptors (Lipinski definition) is 5. The Kier molecular flexibility index (Phi) is 6.68. The van der Waals surface area contributed by atoms with Crippen molar-refractivity contribution < 1.29 is 22.7 Å². The molecule has 0 heterocycles. The number of hydrogen-bond donors (Lipinski definition) is 1. The number of amides is 1. The van der Waals surface area contributed by atoms with Gasteiger partial charge < -0.3 is 14.8 Å². The predicted molar refractivity (Wildman–Crippen MR) is 106 cm³/mol. The highest BCUT2D eigenvalue weighted by Gasteiger charge is 2.29. The molecule has 2 aromatic rings. The Morgan fingerprint density at radius 3 is 2.52 bits per heavy atom. The van der Waals surface area contributed by atoms with Gasteiger partial charge >= 0.3 is 0 Å². The van der Waals surface area contributed by atoms with Gasteiger partial charge in [-0.3, -0.25) is 9.10 Å². The summed E-state index contributed by atoms with van der Waals surface area (Å²) >= 11 is 0. The van der Waals surface area contributed by atoms with Gasteiger partial charge in [0.25, 0.3) is 0 Å². The van der Waals surface area contributed by atoms with E-state index in [1.54, 1.807) is 48.5 Å². The second-order valence-electron chi connectivity index (χ2n) is 5.85. The summed E-state index contributed by atoms with van der Waals surface area (Å²) in [5, 5.41) is 2.74. The maximum atomic E-state index is 12.8. The normalized spacial score (nSPS) is 12.1. The second kappa shape index (κ2) is 8.77. The molecule has 0 aliphatic heterocycles. The number of nitrogens with one attached hydrogen (secondary N) is 1. The van der Waals surface area contributed by atoms with Gasteiger partial charge in [-0.1, -0.05) is 18.2 Å². The third kappa shape index (κ3) is 5.13. The SMILES string of the molecule is CCOc1ccccc1NC(=O)[C@H](C)N(c1cccc(OC)c1)S(C)(=O)=O. The highest BCUT2D eigenvalue weighted by atomic mass is 32.2. The highest BCUT2D eigenvalue weighted by Crippen LogP contribution is 2.27.